The molecule has 1 aliphatic rings. The molecule has 1 aliphatic carbocycles. The molecule has 0 spiro atoms. The lowest BCUT2D eigenvalue weighted by Crippen LogP contribution is -2.47. The van der Waals surface area contributed by atoms with Crippen molar-refractivity contribution in [2.24, 2.45) is 0 Å². The third-order valence-electron chi connectivity index (χ3n) is 4.53. The van der Waals surface area contributed by atoms with Gasteiger partial charge in [0.15, 0.2) is 0 Å². The van der Waals surface area contributed by atoms with Gasteiger partial charge < -0.3 is 10.4 Å². The topological polar surface area (TPSA) is 66.4 Å². The number of hydrogen-bond acceptors (Lipinski definition) is 2. The van der Waals surface area contributed by atoms with E-state index in [0.717, 1.165) is 37.7 Å². The van der Waals surface area contributed by atoms with Gasteiger partial charge in [-0.2, -0.15) is 0 Å². The summed E-state index contributed by atoms with van der Waals surface area (Å²) in [7, 11) is 0. The van der Waals surface area contributed by atoms with Crippen molar-refractivity contribution in [3.05, 3.63) is 35.4 Å². The molecule has 0 aliphatic heterocycles. The molecule has 4 nitrogen and oxygen atoms in total. The van der Waals surface area contributed by atoms with Gasteiger partial charge in [0.1, 0.15) is 0 Å². The van der Waals surface area contributed by atoms with Gasteiger partial charge in [0, 0.05) is 6.42 Å². The van der Waals surface area contributed by atoms with Crippen molar-refractivity contribution in [2.75, 3.05) is 0 Å². The van der Waals surface area contributed by atoms with E-state index in [1.807, 2.05) is 0 Å². The van der Waals surface area contributed by atoms with Crippen LogP contribution in [0.25, 0.3) is 0 Å². The molecule has 1 saturated carbocycles. The molecule has 1 aromatic rings. The Morgan fingerprint density at radius 1 is 1.14 bits per heavy atom. The van der Waals surface area contributed by atoms with Crippen LogP contribution in [0.2, 0.25) is 0 Å². The summed E-state index contributed by atoms with van der Waals surface area (Å²) in [6, 6.07) is 8.32. The van der Waals surface area contributed by atoms with Crippen LogP contribution in [-0.4, -0.2) is 22.5 Å². The second kappa shape index (κ2) is 7.43. The first-order chi connectivity index (χ1) is 10.5. The van der Waals surface area contributed by atoms with Crippen molar-refractivity contribution in [2.45, 2.75) is 63.8 Å². The molecule has 22 heavy (non-hydrogen) atoms. The van der Waals surface area contributed by atoms with Gasteiger partial charge in [-0.1, -0.05) is 44.0 Å². The summed E-state index contributed by atoms with van der Waals surface area (Å²) in [6.07, 6.45) is 5.68. The molecule has 0 atom stereocenters. The molecule has 0 heterocycles. The second-order valence-corrected chi connectivity index (χ2v) is 6.28. The van der Waals surface area contributed by atoms with Gasteiger partial charge in [-0.25, -0.2) is 0 Å². The molecule has 1 amide bonds. The highest BCUT2D eigenvalue weighted by Crippen LogP contribution is 2.32. The van der Waals surface area contributed by atoms with Gasteiger partial charge in [0.2, 0.25) is 5.91 Å². The van der Waals surface area contributed by atoms with Gasteiger partial charge in [-0.15, -0.1) is 0 Å². The first-order valence-corrected chi connectivity index (χ1v) is 8.14. The summed E-state index contributed by atoms with van der Waals surface area (Å²) in [4.78, 5) is 23.2. The highest BCUT2D eigenvalue weighted by molar-refractivity contribution is 5.78. The van der Waals surface area contributed by atoms with Crippen LogP contribution in [0.3, 0.4) is 0 Å². The number of carboxylic acids is 1. The number of carboxylic acid groups (broad SMARTS) is 1. The van der Waals surface area contributed by atoms with Crippen molar-refractivity contribution >= 4 is 11.9 Å². The Balaban J connectivity index is 1.86. The van der Waals surface area contributed by atoms with Crippen LogP contribution in [0.15, 0.2) is 24.3 Å². The molecule has 0 radical (unpaired) electrons. The maximum Gasteiger partial charge on any atom is 0.305 e. The molecule has 0 bridgehead atoms. The van der Waals surface area contributed by atoms with Crippen LogP contribution < -0.4 is 5.32 Å². The zero-order chi connectivity index (χ0) is 16.0. The second-order valence-electron chi connectivity index (χ2n) is 6.28. The lowest BCUT2D eigenvalue weighted by atomic mass is 9.92. The Kier molecular flexibility index (Phi) is 5.58. The third-order valence-corrected chi connectivity index (χ3v) is 4.53. The summed E-state index contributed by atoms with van der Waals surface area (Å²) in [6.45, 7) is 2.12. The minimum atomic E-state index is -0.836. The summed E-state index contributed by atoms with van der Waals surface area (Å²) in [5, 5.41) is 12.1. The van der Waals surface area contributed by atoms with Gasteiger partial charge in [0.05, 0.1) is 12.0 Å². The van der Waals surface area contributed by atoms with E-state index >= 15 is 0 Å². The van der Waals surface area contributed by atoms with Crippen molar-refractivity contribution in [3.63, 3.8) is 0 Å². The van der Waals surface area contributed by atoms with Crippen molar-refractivity contribution < 1.29 is 14.7 Å². The maximum atomic E-state index is 12.2. The SMILES string of the molecule is CCc1ccc(CCC(=O)NC2(CC(=O)O)CCCC2)cc1. The molecule has 2 N–H and O–H groups in total. The number of rotatable bonds is 7. The van der Waals surface area contributed by atoms with E-state index in [0.29, 0.717) is 12.8 Å². The average molecular weight is 303 g/mol. The fourth-order valence-corrected chi connectivity index (χ4v) is 3.24. The van der Waals surface area contributed by atoms with Crippen LogP contribution in [0.1, 0.15) is 56.6 Å². The van der Waals surface area contributed by atoms with Crippen molar-refractivity contribution in [1.82, 2.24) is 5.32 Å². The Labute approximate surface area is 131 Å². The Morgan fingerprint density at radius 2 is 1.73 bits per heavy atom. The lowest BCUT2D eigenvalue weighted by Gasteiger charge is -2.28. The van der Waals surface area contributed by atoms with E-state index in [9.17, 15) is 9.59 Å². The summed E-state index contributed by atoms with van der Waals surface area (Å²) < 4.78 is 0. The largest absolute Gasteiger partial charge is 0.481 e. The van der Waals surface area contributed by atoms with Crippen LogP contribution in [0, 0.1) is 0 Å². The average Bonchev–Trinajstić information content (AvgIpc) is 2.92. The van der Waals surface area contributed by atoms with E-state index in [2.05, 4.69) is 36.5 Å². The van der Waals surface area contributed by atoms with E-state index in [1.165, 1.54) is 5.56 Å². The molecule has 1 fully saturated rings. The van der Waals surface area contributed by atoms with Gasteiger partial charge in [-0.3, -0.25) is 9.59 Å². The number of nitrogens with one attached hydrogen (secondary N) is 1. The molecule has 1 aromatic carbocycles. The molecule has 120 valence electrons. The van der Waals surface area contributed by atoms with E-state index in [4.69, 9.17) is 5.11 Å². The fourth-order valence-electron chi connectivity index (χ4n) is 3.24. The molecular weight excluding hydrogens is 278 g/mol. The van der Waals surface area contributed by atoms with Crippen LogP contribution >= 0.6 is 0 Å². The fraction of sp³-hybridized carbons (Fsp3) is 0.556. The normalized spacial score (nSPS) is 16.4. The zero-order valence-electron chi connectivity index (χ0n) is 13.2. The molecule has 4 heteroatoms. The van der Waals surface area contributed by atoms with Gasteiger partial charge in [-0.05, 0) is 36.8 Å². The van der Waals surface area contributed by atoms with Gasteiger partial charge >= 0.3 is 5.97 Å². The first-order valence-electron chi connectivity index (χ1n) is 8.14. The quantitative estimate of drug-likeness (QED) is 0.813. The standard InChI is InChI=1S/C18H25NO3/c1-2-14-5-7-15(8-6-14)9-10-16(20)19-18(13-17(21)22)11-3-4-12-18/h5-8H,2-4,9-13H2,1H3,(H,19,20)(H,21,22). The van der Waals surface area contributed by atoms with Gasteiger partial charge in [0.25, 0.3) is 0 Å². The van der Waals surface area contributed by atoms with Crippen LogP contribution in [0.5, 0.6) is 0 Å². The number of aliphatic carboxylic acids is 1. The summed E-state index contributed by atoms with van der Waals surface area (Å²) >= 11 is 0. The van der Waals surface area contributed by atoms with E-state index < -0.39 is 11.5 Å². The van der Waals surface area contributed by atoms with Crippen molar-refractivity contribution in [1.29, 1.82) is 0 Å². The number of carbonyl (C=O) groups excluding carboxylic acids is 1. The summed E-state index contributed by atoms with van der Waals surface area (Å²) in [5.74, 6) is -0.875. The number of carbonyl (C=O) groups is 2. The minimum Gasteiger partial charge on any atom is -0.481 e. The highest BCUT2D eigenvalue weighted by atomic mass is 16.4. The number of amides is 1. The molecule has 0 saturated heterocycles. The summed E-state index contributed by atoms with van der Waals surface area (Å²) in [5.41, 5.74) is 1.92. The van der Waals surface area contributed by atoms with E-state index in [1.54, 1.807) is 0 Å². The Bertz CT molecular complexity index is 516. The predicted octanol–water partition coefficient (Wildman–Crippen LogP) is 3.09. The minimum absolute atomic E-state index is 0.0317. The molecule has 0 unspecified atom stereocenters. The number of benzene rings is 1. The number of hydrogen-bond donors (Lipinski definition) is 2. The van der Waals surface area contributed by atoms with Crippen LogP contribution in [0.4, 0.5) is 0 Å². The molecular formula is C18H25NO3. The lowest BCUT2D eigenvalue weighted by molar-refractivity contribution is -0.139. The predicted molar refractivity (Wildman–Crippen MR) is 85.7 cm³/mol. The van der Waals surface area contributed by atoms with Crippen LogP contribution in [-0.2, 0) is 22.4 Å². The monoisotopic (exact) mass is 303 g/mol. The Hall–Kier alpha value is -1.84. The molecule has 2 rings (SSSR count). The van der Waals surface area contributed by atoms with E-state index in [-0.39, 0.29) is 12.3 Å². The number of aryl methyl sites for hydroxylation is 2. The smallest absolute Gasteiger partial charge is 0.305 e. The van der Waals surface area contributed by atoms with Crippen molar-refractivity contribution in [3.8, 4) is 0 Å². The maximum absolute atomic E-state index is 12.2. The first kappa shape index (κ1) is 16.5. The Morgan fingerprint density at radius 3 is 2.27 bits per heavy atom. The molecule has 0 aromatic heterocycles. The highest BCUT2D eigenvalue weighted by Gasteiger charge is 2.37. The zero-order valence-corrected chi connectivity index (χ0v) is 13.2. The third kappa shape index (κ3) is 4.58.